The lowest BCUT2D eigenvalue weighted by Gasteiger charge is -2.23. The largest absolute Gasteiger partial charge is 0.321 e. The van der Waals surface area contributed by atoms with Crippen LogP contribution in [0.2, 0.25) is 0 Å². The first-order chi connectivity index (χ1) is 9.20. The Hall–Kier alpha value is -0.870. The van der Waals surface area contributed by atoms with E-state index in [9.17, 15) is 4.79 Å². The van der Waals surface area contributed by atoms with Crippen molar-refractivity contribution >= 4 is 17.2 Å². The molecule has 0 radical (unpaired) electrons. The fraction of sp³-hybridized carbons (Fsp3) is 0.667. The highest BCUT2D eigenvalue weighted by Gasteiger charge is 2.43. The molecule has 1 aliphatic heterocycles. The second kappa shape index (κ2) is 5.25. The zero-order valence-electron chi connectivity index (χ0n) is 11.6. The predicted octanol–water partition coefficient (Wildman–Crippen LogP) is 3.00. The number of rotatable bonds is 5. The molecular weight excluding hydrogens is 256 g/mol. The maximum atomic E-state index is 12.5. The first-order valence-electron chi connectivity index (χ1n) is 7.29. The Morgan fingerprint density at radius 3 is 2.89 bits per heavy atom. The molecule has 3 nitrogen and oxygen atoms in total. The van der Waals surface area contributed by atoms with Gasteiger partial charge < -0.3 is 4.90 Å². The summed E-state index contributed by atoms with van der Waals surface area (Å²) in [6.45, 7) is 5.34. The summed E-state index contributed by atoms with van der Waals surface area (Å²) in [5.74, 6) is 1.81. The third-order valence-electron chi connectivity index (χ3n) is 4.40. The summed E-state index contributed by atoms with van der Waals surface area (Å²) in [7, 11) is 0. The van der Waals surface area contributed by atoms with E-state index in [0.29, 0.717) is 11.8 Å². The van der Waals surface area contributed by atoms with Crippen molar-refractivity contribution in [3.63, 3.8) is 0 Å². The zero-order valence-corrected chi connectivity index (χ0v) is 12.5. The van der Waals surface area contributed by atoms with Crippen LogP contribution in [0.3, 0.4) is 0 Å². The first kappa shape index (κ1) is 13.1. The normalized spacial score (nSPS) is 34.0. The molecule has 0 bridgehead atoms. The lowest BCUT2D eigenvalue weighted by atomic mass is 10.1. The predicted molar refractivity (Wildman–Crippen MR) is 77.9 cm³/mol. The summed E-state index contributed by atoms with van der Waals surface area (Å²) in [4.78, 5) is 14.6. The van der Waals surface area contributed by atoms with Gasteiger partial charge in [0.05, 0.1) is 6.04 Å². The van der Waals surface area contributed by atoms with Crippen LogP contribution in [-0.2, 0) is 4.79 Å². The van der Waals surface area contributed by atoms with Crippen LogP contribution in [0.25, 0.3) is 0 Å². The molecule has 2 fully saturated rings. The van der Waals surface area contributed by atoms with Gasteiger partial charge in [-0.2, -0.15) is 11.3 Å². The Morgan fingerprint density at radius 2 is 2.32 bits per heavy atom. The molecule has 2 aliphatic rings. The quantitative estimate of drug-likeness (QED) is 0.898. The Labute approximate surface area is 119 Å². The Kier molecular flexibility index (Phi) is 3.63. The monoisotopic (exact) mass is 278 g/mol. The van der Waals surface area contributed by atoms with Gasteiger partial charge in [-0.15, -0.1) is 0 Å². The smallest absolute Gasteiger partial charge is 0.241 e. The van der Waals surface area contributed by atoms with Gasteiger partial charge in [0.1, 0.15) is 6.17 Å². The van der Waals surface area contributed by atoms with Gasteiger partial charge in [0.2, 0.25) is 5.91 Å². The summed E-state index contributed by atoms with van der Waals surface area (Å²) < 4.78 is 0. The summed E-state index contributed by atoms with van der Waals surface area (Å²) >= 11 is 1.70. The van der Waals surface area contributed by atoms with Crippen LogP contribution in [0.1, 0.15) is 44.8 Å². The minimum atomic E-state index is 0.0176. The highest BCUT2D eigenvalue weighted by Crippen LogP contribution is 2.41. The average Bonchev–Trinajstić information content (AvgIpc) is 2.83. The fourth-order valence-corrected chi connectivity index (χ4v) is 3.66. The number of nitrogens with zero attached hydrogens (tertiary/aromatic N) is 1. The summed E-state index contributed by atoms with van der Waals surface area (Å²) in [6.07, 6.45) is 3.37. The van der Waals surface area contributed by atoms with E-state index in [4.69, 9.17) is 0 Å². The average molecular weight is 278 g/mol. The molecule has 1 aromatic rings. The van der Waals surface area contributed by atoms with Crippen molar-refractivity contribution in [3.8, 4) is 0 Å². The van der Waals surface area contributed by atoms with Crippen molar-refractivity contribution in [1.82, 2.24) is 10.2 Å². The summed E-state index contributed by atoms with van der Waals surface area (Å²) in [6, 6.07) is 2.15. The van der Waals surface area contributed by atoms with Crippen molar-refractivity contribution in [3.05, 3.63) is 22.4 Å². The minimum absolute atomic E-state index is 0.0176. The molecule has 3 rings (SSSR count). The molecule has 1 saturated heterocycles. The van der Waals surface area contributed by atoms with Gasteiger partial charge in [-0.05, 0) is 47.1 Å². The van der Waals surface area contributed by atoms with Gasteiger partial charge in [0.25, 0.3) is 0 Å². The molecule has 2 heterocycles. The molecule has 0 spiro atoms. The molecule has 104 valence electrons. The Bertz CT molecular complexity index is 445. The molecule has 4 atom stereocenters. The molecule has 4 heteroatoms. The van der Waals surface area contributed by atoms with Gasteiger partial charge in [-0.1, -0.05) is 20.3 Å². The molecule has 1 aromatic heterocycles. The van der Waals surface area contributed by atoms with Crippen molar-refractivity contribution in [1.29, 1.82) is 0 Å². The van der Waals surface area contributed by atoms with Gasteiger partial charge in [0, 0.05) is 6.54 Å². The van der Waals surface area contributed by atoms with Crippen LogP contribution in [0.4, 0.5) is 0 Å². The van der Waals surface area contributed by atoms with Crippen molar-refractivity contribution in [2.75, 3.05) is 6.54 Å². The number of amides is 1. The Balaban J connectivity index is 1.77. The molecular formula is C15H22N2OS. The zero-order chi connectivity index (χ0) is 13.4. The third-order valence-corrected chi connectivity index (χ3v) is 5.10. The van der Waals surface area contributed by atoms with Crippen molar-refractivity contribution < 1.29 is 4.79 Å². The van der Waals surface area contributed by atoms with Gasteiger partial charge in [-0.3, -0.25) is 10.1 Å². The van der Waals surface area contributed by atoms with E-state index in [1.165, 1.54) is 12.0 Å². The maximum absolute atomic E-state index is 12.5. The van der Waals surface area contributed by atoms with Crippen molar-refractivity contribution in [2.24, 2.45) is 11.8 Å². The number of hydrogen-bond acceptors (Lipinski definition) is 3. The van der Waals surface area contributed by atoms with E-state index >= 15 is 0 Å². The number of hydrogen-bond donors (Lipinski definition) is 1. The van der Waals surface area contributed by atoms with Crippen LogP contribution in [0, 0.1) is 11.8 Å². The van der Waals surface area contributed by atoms with Crippen LogP contribution >= 0.6 is 11.3 Å². The van der Waals surface area contributed by atoms with Crippen LogP contribution in [0.5, 0.6) is 0 Å². The van der Waals surface area contributed by atoms with Gasteiger partial charge in [-0.25, -0.2) is 0 Å². The Morgan fingerprint density at radius 1 is 1.53 bits per heavy atom. The van der Waals surface area contributed by atoms with Gasteiger partial charge >= 0.3 is 0 Å². The molecule has 19 heavy (non-hydrogen) atoms. The fourth-order valence-electron chi connectivity index (χ4n) is 2.98. The molecule has 1 saturated carbocycles. The molecule has 1 aliphatic carbocycles. The second-order valence-corrected chi connectivity index (χ2v) is 6.71. The minimum Gasteiger partial charge on any atom is -0.321 e. The molecule has 4 unspecified atom stereocenters. The van der Waals surface area contributed by atoms with Gasteiger partial charge in [0.15, 0.2) is 0 Å². The summed E-state index contributed by atoms with van der Waals surface area (Å²) in [5, 5.41) is 7.77. The topological polar surface area (TPSA) is 32.3 Å². The van der Waals surface area contributed by atoms with Crippen LogP contribution < -0.4 is 5.32 Å². The maximum Gasteiger partial charge on any atom is 0.241 e. The molecule has 1 N–H and O–H groups in total. The summed E-state index contributed by atoms with van der Waals surface area (Å²) in [5.41, 5.74) is 1.24. The van der Waals surface area contributed by atoms with E-state index in [1.807, 2.05) is 0 Å². The van der Waals surface area contributed by atoms with E-state index in [0.717, 1.165) is 25.3 Å². The number of carbonyl (C=O) groups is 1. The third kappa shape index (κ3) is 2.56. The molecule has 0 aromatic carbocycles. The van der Waals surface area contributed by atoms with E-state index < -0.39 is 0 Å². The molecule has 1 amide bonds. The first-order valence-corrected chi connectivity index (χ1v) is 8.23. The van der Waals surface area contributed by atoms with Crippen LogP contribution in [0.15, 0.2) is 16.8 Å². The highest BCUT2D eigenvalue weighted by molar-refractivity contribution is 7.07. The SMILES string of the molecule is CCCC1NC(c2ccsc2)N(CC2CC2C)C1=O. The van der Waals surface area contributed by atoms with Crippen molar-refractivity contribution in [2.45, 2.75) is 45.3 Å². The number of thiophene rings is 1. The lowest BCUT2D eigenvalue weighted by Crippen LogP contribution is -2.33. The second-order valence-electron chi connectivity index (χ2n) is 5.93. The van der Waals surface area contributed by atoms with E-state index in [2.05, 4.69) is 40.9 Å². The van der Waals surface area contributed by atoms with E-state index in [-0.39, 0.29) is 12.2 Å². The highest BCUT2D eigenvalue weighted by atomic mass is 32.1. The lowest BCUT2D eigenvalue weighted by molar-refractivity contribution is -0.130. The number of nitrogens with one attached hydrogen (secondary N) is 1. The van der Waals surface area contributed by atoms with Crippen LogP contribution in [-0.4, -0.2) is 23.4 Å². The number of carbonyl (C=O) groups excluding carboxylic acids is 1. The standard InChI is InChI=1S/C15H22N2OS/c1-3-4-13-15(18)17(8-12-7-10(12)2)14(16-13)11-5-6-19-9-11/h5-6,9-10,12-14,16H,3-4,7-8H2,1-2H3. The van der Waals surface area contributed by atoms with E-state index in [1.54, 1.807) is 11.3 Å².